The zero-order chi connectivity index (χ0) is 20.9. The fraction of sp³-hybridized carbons (Fsp3) is 0.269. The second-order valence-electron chi connectivity index (χ2n) is 7.68. The number of amides is 2. The molecule has 3 aromatic rings. The molecule has 0 aliphatic carbocycles. The van der Waals surface area contributed by atoms with E-state index >= 15 is 0 Å². The molecule has 0 unspecified atom stereocenters. The van der Waals surface area contributed by atoms with E-state index in [9.17, 15) is 4.79 Å². The van der Waals surface area contributed by atoms with Crippen LogP contribution in [-0.2, 0) is 6.54 Å². The number of urea groups is 1. The van der Waals surface area contributed by atoms with E-state index in [1.54, 1.807) is 7.11 Å². The van der Waals surface area contributed by atoms with Crippen molar-refractivity contribution < 1.29 is 9.53 Å². The number of rotatable bonds is 7. The average molecular weight is 401 g/mol. The topological polar surface area (TPSA) is 32.8 Å². The summed E-state index contributed by atoms with van der Waals surface area (Å²) in [7, 11) is 1.65. The number of methoxy groups -OCH3 is 1. The van der Waals surface area contributed by atoms with Crippen LogP contribution in [0.25, 0.3) is 0 Å². The standard InChI is InChI=1S/C26H28N2O2/c1-3-10-24-25(21-13-8-5-9-14-21)28(22-15-17-23(30-2)18-16-22)26(29)27(24)19-20-11-6-4-7-12-20/h4-9,11-18,24-25H,3,10,19H2,1-2H3/t24-,25-/m0/s1. The summed E-state index contributed by atoms with van der Waals surface area (Å²) < 4.78 is 5.32. The molecule has 2 atom stereocenters. The minimum Gasteiger partial charge on any atom is -0.497 e. The number of hydrogen-bond donors (Lipinski definition) is 0. The second kappa shape index (κ2) is 9.04. The Morgan fingerprint density at radius 1 is 0.867 bits per heavy atom. The zero-order valence-electron chi connectivity index (χ0n) is 17.6. The van der Waals surface area contributed by atoms with Crippen LogP contribution in [0.1, 0.15) is 36.9 Å². The highest BCUT2D eigenvalue weighted by Gasteiger charge is 2.46. The molecule has 1 fully saturated rings. The molecule has 0 aromatic heterocycles. The van der Waals surface area contributed by atoms with Gasteiger partial charge in [-0.1, -0.05) is 74.0 Å². The first-order valence-electron chi connectivity index (χ1n) is 10.6. The maximum Gasteiger partial charge on any atom is 0.325 e. The van der Waals surface area contributed by atoms with Crippen molar-refractivity contribution in [1.82, 2.24) is 4.90 Å². The van der Waals surface area contributed by atoms with Crippen molar-refractivity contribution in [3.63, 3.8) is 0 Å². The maximum atomic E-state index is 13.8. The molecule has 154 valence electrons. The third-order valence-electron chi connectivity index (χ3n) is 5.77. The summed E-state index contributed by atoms with van der Waals surface area (Å²) in [6.07, 6.45) is 1.97. The summed E-state index contributed by atoms with van der Waals surface area (Å²) in [5, 5.41) is 0. The van der Waals surface area contributed by atoms with E-state index < -0.39 is 0 Å². The van der Waals surface area contributed by atoms with Crippen LogP contribution in [0.15, 0.2) is 84.9 Å². The summed E-state index contributed by atoms with van der Waals surface area (Å²) in [5.74, 6) is 0.785. The Hall–Kier alpha value is -3.27. The van der Waals surface area contributed by atoms with E-state index in [-0.39, 0.29) is 18.1 Å². The van der Waals surface area contributed by atoms with E-state index in [4.69, 9.17) is 4.74 Å². The van der Waals surface area contributed by atoms with Crippen molar-refractivity contribution in [1.29, 1.82) is 0 Å². The van der Waals surface area contributed by atoms with Crippen LogP contribution in [0.3, 0.4) is 0 Å². The van der Waals surface area contributed by atoms with Crippen molar-refractivity contribution in [3.8, 4) is 5.75 Å². The monoisotopic (exact) mass is 400 g/mol. The van der Waals surface area contributed by atoms with Gasteiger partial charge in [0.15, 0.2) is 0 Å². The van der Waals surface area contributed by atoms with Gasteiger partial charge < -0.3 is 9.64 Å². The van der Waals surface area contributed by atoms with E-state index in [1.807, 2.05) is 58.3 Å². The molecule has 3 aromatic carbocycles. The highest BCUT2D eigenvalue weighted by molar-refractivity contribution is 5.96. The van der Waals surface area contributed by atoms with Crippen molar-refractivity contribution in [3.05, 3.63) is 96.1 Å². The average Bonchev–Trinajstić information content (AvgIpc) is 3.07. The molecule has 1 aliphatic heterocycles. The number of carbonyl (C=O) groups excluding carboxylic acids is 1. The molecule has 1 aliphatic rings. The Bertz CT molecular complexity index is 957. The van der Waals surface area contributed by atoms with Gasteiger partial charge in [0.2, 0.25) is 0 Å². The fourth-order valence-electron chi connectivity index (χ4n) is 4.35. The molecule has 4 rings (SSSR count). The summed E-state index contributed by atoms with van der Waals surface area (Å²) in [4.78, 5) is 17.8. The normalized spacial score (nSPS) is 18.7. The van der Waals surface area contributed by atoms with Crippen LogP contribution in [0.4, 0.5) is 10.5 Å². The summed E-state index contributed by atoms with van der Waals surface area (Å²) in [5.41, 5.74) is 3.21. The van der Waals surface area contributed by atoms with Crippen LogP contribution >= 0.6 is 0 Å². The van der Waals surface area contributed by atoms with Gasteiger partial charge in [0, 0.05) is 12.2 Å². The van der Waals surface area contributed by atoms with Crippen LogP contribution in [0.5, 0.6) is 5.75 Å². The molecule has 0 spiro atoms. The van der Waals surface area contributed by atoms with E-state index in [1.165, 1.54) is 0 Å². The molecule has 4 heteroatoms. The van der Waals surface area contributed by atoms with Crippen molar-refractivity contribution in [2.24, 2.45) is 0 Å². The van der Waals surface area contributed by atoms with Gasteiger partial charge >= 0.3 is 6.03 Å². The van der Waals surface area contributed by atoms with Crippen LogP contribution in [-0.4, -0.2) is 24.1 Å². The van der Waals surface area contributed by atoms with Crippen LogP contribution in [0, 0.1) is 0 Å². The predicted molar refractivity (Wildman–Crippen MR) is 121 cm³/mol. The molecular formula is C26H28N2O2. The molecule has 0 bridgehead atoms. The number of anilines is 1. The minimum absolute atomic E-state index is 0.0317. The molecule has 4 nitrogen and oxygen atoms in total. The summed E-state index contributed by atoms with van der Waals surface area (Å²) in [6, 6.07) is 28.5. The largest absolute Gasteiger partial charge is 0.497 e. The first-order valence-corrected chi connectivity index (χ1v) is 10.6. The van der Waals surface area contributed by atoms with Gasteiger partial charge in [-0.2, -0.15) is 0 Å². The highest BCUT2D eigenvalue weighted by Crippen LogP contribution is 2.41. The Morgan fingerprint density at radius 3 is 2.10 bits per heavy atom. The Labute approximate surface area is 178 Å². The van der Waals surface area contributed by atoms with Crippen LogP contribution < -0.4 is 9.64 Å². The predicted octanol–water partition coefficient (Wildman–Crippen LogP) is 6.05. The van der Waals surface area contributed by atoms with Crippen LogP contribution in [0.2, 0.25) is 0 Å². The van der Waals surface area contributed by atoms with E-state index in [2.05, 4.69) is 43.3 Å². The number of benzene rings is 3. The van der Waals surface area contributed by atoms with Crippen molar-refractivity contribution in [2.45, 2.75) is 38.4 Å². The zero-order valence-corrected chi connectivity index (χ0v) is 17.6. The molecular weight excluding hydrogens is 372 g/mol. The highest BCUT2D eigenvalue weighted by atomic mass is 16.5. The van der Waals surface area contributed by atoms with E-state index in [0.29, 0.717) is 6.54 Å². The number of carbonyl (C=O) groups is 1. The van der Waals surface area contributed by atoms with E-state index in [0.717, 1.165) is 35.4 Å². The molecule has 0 N–H and O–H groups in total. The van der Waals surface area contributed by atoms with Crippen molar-refractivity contribution in [2.75, 3.05) is 12.0 Å². The summed E-state index contributed by atoms with van der Waals surface area (Å²) in [6.45, 7) is 2.80. The number of hydrogen-bond acceptors (Lipinski definition) is 2. The third kappa shape index (κ3) is 3.90. The molecule has 1 heterocycles. The minimum atomic E-state index is -0.0317. The maximum absolute atomic E-state index is 13.8. The molecule has 1 saturated heterocycles. The number of ether oxygens (including phenoxy) is 1. The molecule has 30 heavy (non-hydrogen) atoms. The fourth-order valence-corrected chi connectivity index (χ4v) is 4.35. The molecule has 0 saturated carbocycles. The third-order valence-corrected chi connectivity index (χ3v) is 5.77. The summed E-state index contributed by atoms with van der Waals surface area (Å²) >= 11 is 0. The molecule has 2 amide bonds. The first-order chi connectivity index (χ1) is 14.7. The lowest BCUT2D eigenvalue weighted by Gasteiger charge is -2.28. The van der Waals surface area contributed by atoms with Crippen molar-refractivity contribution >= 4 is 11.7 Å². The van der Waals surface area contributed by atoms with Gasteiger partial charge in [-0.05, 0) is 41.8 Å². The molecule has 0 radical (unpaired) electrons. The number of nitrogens with zero attached hydrogens (tertiary/aromatic N) is 2. The van der Waals surface area contributed by atoms with Gasteiger partial charge in [0.05, 0.1) is 19.2 Å². The lowest BCUT2D eigenvalue weighted by molar-refractivity contribution is 0.195. The quantitative estimate of drug-likeness (QED) is 0.484. The van der Waals surface area contributed by atoms with Gasteiger partial charge in [0.25, 0.3) is 0 Å². The first kappa shape index (κ1) is 20.0. The smallest absolute Gasteiger partial charge is 0.325 e. The second-order valence-corrected chi connectivity index (χ2v) is 7.68. The lowest BCUT2D eigenvalue weighted by Crippen LogP contribution is -2.34. The SMILES string of the molecule is CCC[C@H]1[C@H](c2ccccc2)N(c2ccc(OC)cc2)C(=O)N1Cc1ccccc1. The van der Waals surface area contributed by atoms with Gasteiger partial charge in [-0.3, -0.25) is 4.90 Å². The Kier molecular flexibility index (Phi) is 6.03. The Morgan fingerprint density at radius 2 is 1.50 bits per heavy atom. The van der Waals surface area contributed by atoms with Gasteiger partial charge in [-0.15, -0.1) is 0 Å². The lowest BCUT2D eigenvalue weighted by atomic mass is 9.95. The van der Waals surface area contributed by atoms with Gasteiger partial charge in [-0.25, -0.2) is 4.79 Å². The Balaban J connectivity index is 1.77. The van der Waals surface area contributed by atoms with Gasteiger partial charge in [0.1, 0.15) is 5.75 Å².